The van der Waals surface area contributed by atoms with E-state index in [1.54, 1.807) is 6.92 Å². The fourth-order valence-electron chi connectivity index (χ4n) is 0.534. The quantitative estimate of drug-likeness (QED) is 0.534. The molecular formula is C7H12O3. The van der Waals surface area contributed by atoms with Gasteiger partial charge in [0.2, 0.25) is 0 Å². The van der Waals surface area contributed by atoms with Gasteiger partial charge < -0.3 is 10.2 Å². The van der Waals surface area contributed by atoms with E-state index in [4.69, 9.17) is 10.2 Å². The lowest BCUT2D eigenvalue weighted by molar-refractivity contribution is -0.121. The summed E-state index contributed by atoms with van der Waals surface area (Å²) in [4.78, 5) is 10.7. The molecule has 0 saturated carbocycles. The first-order valence-corrected chi connectivity index (χ1v) is 3.08. The molecule has 2 N–H and O–H groups in total. The van der Waals surface area contributed by atoms with E-state index in [0.717, 1.165) is 6.08 Å². The number of rotatable bonds is 4. The maximum absolute atomic E-state index is 10.7. The van der Waals surface area contributed by atoms with Crippen LogP contribution in [0.2, 0.25) is 0 Å². The van der Waals surface area contributed by atoms with Gasteiger partial charge in [0, 0.05) is 5.92 Å². The van der Waals surface area contributed by atoms with Gasteiger partial charge in [0.05, 0.1) is 12.7 Å². The van der Waals surface area contributed by atoms with E-state index < -0.39 is 12.0 Å². The summed E-state index contributed by atoms with van der Waals surface area (Å²) in [5, 5.41) is 17.3. The Labute approximate surface area is 60.0 Å². The zero-order chi connectivity index (χ0) is 8.15. The van der Waals surface area contributed by atoms with Crippen molar-refractivity contribution in [1.82, 2.24) is 0 Å². The van der Waals surface area contributed by atoms with Crippen LogP contribution in [0.25, 0.3) is 0 Å². The van der Waals surface area contributed by atoms with Gasteiger partial charge in [0.1, 0.15) is 0 Å². The molecule has 0 fully saturated rings. The maximum atomic E-state index is 10.7. The number of allylic oxidation sites excluding steroid dienone is 1. The topological polar surface area (TPSA) is 57.5 Å². The molecule has 2 unspecified atom stereocenters. The minimum absolute atomic E-state index is 0.249. The Hall–Kier alpha value is -0.670. The molecule has 0 heterocycles. The van der Waals surface area contributed by atoms with Crippen molar-refractivity contribution in [3.63, 3.8) is 0 Å². The monoisotopic (exact) mass is 144 g/mol. The lowest BCUT2D eigenvalue weighted by atomic mass is 10.0. The number of ketones is 1. The van der Waals surface area contributed by atoms with E-state index in [1.807, 2.05) is 0 Å². The summed E-state index contributed by atoms with van der Waals surface area (Å²) in [7, 11) is 0. The molecule has 3 nitrogen and oxygen atoms in total. The standard InChI is InChI=1S/C7H12O3/c1-3-6(9)5(2)7(10)4-8/h3,5,7-8,10H,1,4H2,2H3. The molecule has 0 spiro atoms. The molecule has 0 aromatic rings. The van der Waals surface area contributed by atoms with Crippen molar-refractivity contribution >= 4 is 5.78 Å². The van der Waals surface area contributed by atoms with E-state index >= 15 is 0 Å². The lowest BCUT2D eigenvalue weighted by Gasteiger charge is -2.12. The van der Waals surface area contributed by atoms with Gasteiger partial charge in [0.25, 0.3) is 0 Å². The van der Waals surface area contributed by atoms with E-state index in [9.17, 15) is 4.79 Å². The molecule has 3 heteroatoms. The summed E-state index contributed by atoms with van der Waals surface area (Å²) in [6, 6.07) is 0. The van der Waals surface area contributed by atoms with Crippen molar-refractivity contribution in [2.75, 3.05) is 6.61 Å². The van der Waals surface area contributed by atoms with Gasteiger partial charge in [-0.15, -0.1) is 0 Å². The lowest BCUT2D eigenvalue weighted by Crippen LogP contribution is -2.27. The number of hydrogen-bond acceptors (Lipinski definition) is 3. The van der Waals surface area contributed by atoms with Crippen LogP contribution >= 0.6 is 0 Å². The first-order valence-electron chi connectivity index (χ1n) is 3.08. The fourth-order valence-corrected chi connectivity index (χ4v) is 0.534. The maximum Gasteiger partial charge on any atom is 0.160 e. The third-order valence-corrected chi connectivity index (χ3v) is 1.41. The molecule has 0 bridgehead atoms. The molecule has 0 rings (SSSR count). The second-order valence-electron chi connectivity index (χ2n) is 2.15. The normalized spacial score (nSPS) is 15.9. The van der Waals surface area contributed by atoms with Crippen molar-refractivity contribution in [2.24, 2.45) is 5.92 Å². The van der Waals surface area contributed by atoms with Crippen LogP contribution in [0.5, 0.6) is 0 Å². The van der Waals surface area contributed by atoms with Gasteiger partial charge in [-0.1, -0.05) is 13.5 Å². The highest BCUT2D eigenvalue weighted by atomic mass is 16.3. The van der Waals surface area contributed by atoms with Gasteiger partial charge in [-0.25, -0.2) is 0 Å². The zero-order valence-corrected chi connectivity index (χ0v) is 5.95. The van der Waals surface area contributed by atoms with Crippen LogP contribution in [0.15, 0.2) is 12.7 Å². The van der Waals surface area contributed by atoms with Gasteiger partial charge >= 0.3 is 0 Å². The highest BCUT2D eigenvalue weighted by Crippen LogP contribution is 2.03. The van der Waals surface area contributed by atoms with Crippen LogP contribution in [-0.2, 0) is 4.79 Å². The molecule has 0 aliphatic heterocycles. The minimum atomic E-state index is -0.967. The Morgan fingerprint density at radius 2 is 2.30 bits per heavy atom. The highest BCUT2D eigenvalue weighted by molar-refractivity contribution is 5.91. The third kappa shape index (κ3) is 2.29. The van der Waals surface area contributed by atoms with Crippen molar-refractivity contribution < 1.29 is 15.0 Å². The molecule has 0 amide bonds. The molecular weight excluding hydrogens is 132 g/mol. The fraction of sp³-hybridized carbons (Fsp3) is 0.571. The van der Waals surface area contributed by atoms with Crippen molar-refractivity contribution in [3.05, 3.63) is 12.7 Å². The highest BCUT2D eigenvalue weighted by Gasteiger charge is 2.17. The van der Waals surface area contributed by atoms with E-state index in [1.165, 1.54) is 0 Å². The predicted octanol–water partition coefficient (Wildman–Crippen LogP) is -0.269. The Balaban J connectivity index is 3.93. The Bertz CT molecular complexity index is 131. The minimum Gasteiger partial charge on any atom is -0.394 e. The Kier molecular flexibility index (Phi) is 3.91. The average Bonchev–Trinajstić information content (AvgIpc) is 2.00. The molecule has 2 atom stereocenters. The summed E-state index contributed by atoms with van der Waals surface area (Å²) in [5.41, 5.74) is 0. The van der Waals surface area contributed by atoms with E-state index in [2.05, 4.69) is 6.58 Å². The van der Waals surface area contributed by atoms with Gasteiger partial charge in [0.15, 0.2) is 5.78 Å². The van der Waals surface area contributed by atoms with Gasteiger partial charge in [-0.3, -0.25) is 4.79 Å². The molecule has 10 heavy (non-hydrogen) atoms. The van der Waals surface area contributed by atoms with Crippen LogP contribution in [0.4, 0.5) is 0 Å². The van der Waals surface area contributed by atoms with Crippen LogP contribution in [0.1, 0.15) is 6.92 Å². The molecule has 0 aromatic heterocycles. The number of carbonyl (C=O) groups is 1. The third-order valence-electron chi connectivity index (χ3n) is 1.41. The summed E-state index contributed by atoms with van der Waals surface area (Å²) >= 11 is 0. The number of aliphatic hydroxyl groups is 2. The van der Waals surface area contributed by atoms with Crippen LogP contribution in [0, 0.1) is 5.92 Å². The average molecular weight is 144 g/mol. The summed E-state index contributed by atoms with van der Waals surface area (Å²) in [6.07, 6.45) is 0.175. The van der Waals surface area contributed by atoms with Crippen molar-refractivity contribution in [1.29, 1.82) is 0 Å². The first-order chi connectivity index (χ1) is 4.63. The van der Waals surface area contributed by atoms with Crippen LogP contribution < -0.4 is 0 Å². The summed E-state index contributed by atoms with van der Waals surface area (Å²) in [5.74, 6) is -0.802. The van der Waals surface area contributed by atoms with E-state index in [-0.39, 0.29) is 12.4 Å². The van der Waals surface area contributed by atoms with Crippen LogP contribution in [0.3, 0.4) is 0 Å². The first kappa shape index (κ1) is 9.33. The van der Waals surface area contributed by atoms with Crippen molar-refractivity contribution in [2.45, 2.75) is 13.0 Å². The van der Waals surface area contributed by atoms with E-state index in [0.29, 0.717) is 0 Å². The molecule has 58 valence electrons. The summed E-state index contributed by atoms with van der Waals surface area (Å²) < 4.78 is 0. The number of carbonyl (C=O) groups excluding carboxylic acids is 1. The predicted molar refractivity (Wildman–Crippen MR) is 37.5 cm³/mol. The number of hydrogen-bond donors (Lipinski definition) is 2. The molecule has 0 aromatic carbocycles. The van der Waals surface area contributed by atoms with Crippen LogP contribution in [-0.4, -0.2) is 28.7 Å². The molecule has 0 saturated heterocycles. The summed E-state index contributed by atoms with van der Waals surface area (Å²) in [6.45, 7) is 4.41. The van der Waals surface area contributed by atoms with Gasteiger partial charge in [-0.2, -0.15) is 0 Å². The number of aliphatic hydroxyl groups excluding tert-OH is 2. The largest absolute Gasteiger partial charge is 0.394 e. The molecule has 0 aliphatic rings. The smallest absolute Gasteiger partial charge is 0.160 e. The second-order valence-corrected chi connectivity index (χ2v) is 2.15. The zero-order valence-electron chi connectivity index (χ0n) is 5.95. The Morgan fingerprint density at radius 3 is 2.60 bits per heavy atom. The SMILES string of the molecule is C=CC(=O)C(C)C(O)CO. The Morgan fingerprint density at radius 1 is 1.80 bits per heavy atom. The van der Waals surface area contributed by atoms with Gasteiger partial charge in [-0.05, 0) is 6.08 Å². The second kappa shape index (κ2) is 4.19. The van der Waals surface area contributed by atoms with Crippen molar-refractivity contribution in [3.8, 4) is 0 Å². The molecule has 0 aliphatic carbocycles. The molecule has 0 radical (unpaired) electrons.